The summed E-state index contributed by atoms with van der Waals surface area (Å²) in [4.78, 5) is 26.1. The van der Waals surface area contributed by atoms with Gasteiger partial charge in [0.05, 0.1) is 11.3 Å². The van der Waals surface area contributed by atoms with Crippen LogP contribution in [0, 0.1) is 5.41 Å². The highest BCUT2D eigenvalue weighted by molar-refractivity contribution is 7.91. The number of nitrogens with two attached hydrogens (primary N) is 1. The van der Waals surface area contributed by atoms with Gasteiger partial charge >= 0.3 is 10.2 Å². The van der Waals surface area contributed by atoms with Crippen LogP contribution >= 0.6 is 0 Å². The van der Waals surface area contributed by atoms with Crippen LogP contribution in [0.4, 0.5) is 5.69 Å². The van der Waals surface area contributed by atoms with E-state index in [9.17, 15) is 18.0 Å². The van der Waals surface area contributed by atoms with E-state index in [1.807, 2.05) is 0 Å². The minimum atomic E-state index is -3.92. The Bertz CT molecular complexity index is 1020. The van der Waals surface area contributed by atoms with Crippen molar-refractivity contribution >= 4 is 33.5 Å². The third-order valence-corrected chi connectivity index (χ3v) is 7.00. The molecule has 2 fully saturated rings. The highest BCUT2D eigenvalue weighted by Crippen LogP contribution is 2.34. The van der Waals surface area contributed by atoms with Crippen LogP contribution in [0.5, 0.6) is 5.75 Å². The molecule has 11 heteroatoms. The Balaban J connectivity index is 1.58. The highest BCUT2D eigenvalue weighted by Gasteiger charge is 2.49. The molecule has 4 rings (SSSR count). The first-order valence-corrected chi connectivity index (χ1v) is 12.0. The number of piperidine rings is 1. The number of fused-ring (bicyclic) bond motifs is 1. The molecule has 1 atom stereocenters. The molecule has 2 aliphatic heterocycles. The maximum Gasteiger partial charge on any atom is 0.344 e. The normalized spacial score (nSPS) is 25.4. The van der Waals surface area contributed by atoms with Gasteiger partial charge in [-0.3, -0.25) is 14.3 Å². The summed E-state index contributed by atoms with van der Waals surface area (Å²) in [5, 5.41) is 5.85. The minimum absolute atomic E-state index is 0.0644. The zero-order valence-electron chi connectivity index (χ0n) is 17.1. The second-order valence-corrected chi connectivity index (χ2v) is 9.61. The molecule has 10 nitrogen and oxygen atoms in total. The van der Waals surface area contributed by atoms with Crippen molar-refractivity contribution in [3.8, 4) is 5.75 Å². The Morgan fingerprint density at radius 1 is 1.26 bits per heavy atom. The number of amidine groups is 1. The van der Waals surface area contributed by atoms with Gasteiger partial charge in [0.15, 0.2) is 11.3 Å². The molecule has 3 aliphatic rings. The van der Waals surface area contributed by atoms with Crippen LogP contribution in [0.3, 0.4) is 0 Å². The number of anilines is 1. The predicted octanol–water partition coefficient (Wildman–Crippen LogP) is 0.786. The number of nitrogens with zero attached hydrogens (tertiary/aromatic N) is 1. The topological polar surface area (TPSA) is 152 Å². The molecule has 1 aromatic rings. The summed E-state index contributed by atoms with van der Waals surface area (Å²) < 4.78 is 35.3. The number of ether oxygens (including phenoxy) is 1. The van der Waals surface area contributed by atoms with E-state index in [4.69, 9.17) is 10.5 Å². The van der Waals surface area contributed by atoms with Crippen LogP contribution in [0.25, 0.3) is 0 Å². The van der Waals surface area contributed by atoms with E-state index in [2.05, 4.69) is 19.8 Å². The van der Waals surface area contributed by atoms with Gasteiger partial charge in [0.1, 0.15) is 12.4 Å². The number of benzene rings is 1. The molecule has 0 aromatic heterocycles. The number of carbonyl (C=O) groups excluding carboxylic acids is 2. The molecular formula is C20H27N5O5S. The largest absolute Gasteiger partial charge is 0.491 e. The highest BCUT2D eigenvalue weighted by atomic mass is 32.2. The van der Waals surface area contributed by atoms with Gasteiger partial charge in [-0.15, -0.1) is 4.40 Å². The lowest BCUT2D eigenvalue weighted by molar-refractivity contribution is -0.149. The van der Waals surface area contributed by atoms with Gasteiger partial charge < -0.3 is 21.1 Å². The molecule has 5 N–H and O–H groups in total. The smallest absolute Gasteiger partial charge is 0.344 e. The van der Waals surface area contributed by atoms with Gasteiger partial charge in [-0.1, -0.05) is 25.3 Å². The average molecular weight is 450 g/mol. The summed E-state index contributed by atoms with van der Waals surface area (Å²) >= 11 is 0. The Labute approximate surface area is 181 Å². The van der Waals surface area contributed by atoms with Crippen LogP contribution in [0.15, 0.2) is 22.6 Å². The van der Waals surface area contributed by atoms with Crippen LogP contribution in [-0.2, 0) is 19.8 Å². The van der Waals surface area contributed by atoms with Crippen LogP contribution < -0.4 is 25.8 Å². The molecule has 0 bridgehead atoms. The van der Waals surface area contributed by atoms with Gasteiger partial charge in [0, 0.05) is 12.6 Å². The summed E-state index contributed by atoms with van der Waals surface area (Å²) in [6.45, 7) is 0.327. The van der Waals surface area contributed by atoms with Crippen LogP contribution in [0.1, 0.15) is 50.5 Å². The monoisotopic (exact) mass is 449 g/mol. The van der Waals surface area contributed by atoms with Gasteiger partial charge in [0.25, 0.3) is 0 Å². The van der Waals surface area contributed by atoms with E-state index in [1.54, 1.807) is 18.2 Å². The predicted molar refractivity (Wildman–Crippen MR) is 115 cm³/mol. The number of carbonyl (C=O) groups is 2. The molecular weight excluding hydrogens is 422 g/mol. The maximum absolute atomic E-state index is 13.3. The molecule has 1 aromatic carbocycles. The minimum Gasteiger partial charge on any atom is -0.491 e. The summed E-state index contributed by atoms with van der Waals surface area (Å²) in [6, 6.07) is 4.81. The van der Waals surface area contributed by atoms with Crippen molar-refractivity contribution in [2.45, 2.75) is 51.0 Å². The fourth-order valence-electron chi connectivity index (χ4n) is 4.40. The van der Waals surface area contributed by atoms with Crippen LogP contribution in [-0.4, -0.2) is 45.3 Å². The lowest BCUT2D eigenvalue weighted by atomic mass is 9.79. The standard InChI is InChI=1S/C20H27N5O5S/c21-17-16-14(24-31(28,29)25-17)8-4-9-15(16)30-12-20(10-5-11-22-18(20)26)19(27)23-13-6-2-1-3-7-13/h4,8-9,13,24H,1-3,5-7,10-12H2,(H2,21,25)(H,22,26)(H,23,27). The van der Waals surface area contributed by atoms with Crippen molar-refractivity contribution in [2.75, 3.05) is 17.9 Å². The summed E-state index contributed by atoms with van der Waals surface area (Å²) in [6.07, 6.45) is 6.11. The lowest BCUT2D eigenvalue weighted by Crippen LogP contribution is -2.59. The molecule has 168 valence electrons. The van der Waals surface area contributed by atoms with Crippen molar-refractivity contribution in [1.29, 1.82) is 0 Å². The van der Waals surface area contributed by atoms with Crippen molar-refractivity contribution < 1.29 is 22.7 Å². The molecule has 1 aliphatic carbocycles. The molecule has 2 amide bonds. The van der Waals surface area contributed by atoms with E-state index in [1.165, 1.54) is 0 Å². The Kier molecular flexibility index (Phi) is 5.78. The maximum atomic E-state index is 13.3. The summed E-state index contributed by atoms with van der Waals surface area (Å²) in [5.74, 6) is -0.648. The first-order chi connectivity index (χ1) is 14.8. The average Bonchev–Trinajstić information content (AvgIpc) is 2.73. The fraction of sp³-hybridized carbons (Fsp3) is 0.550. The van der Waals surface area contributed by atoms with E-state index in [0.29, 0.717) is 19.4 Å². The number of hydrogen-bond acceptors (Lipinski definition) is 6. The first kappa shape index (κ1) is 21.4. The molecule has 1 saturated heterocycles. The molecule has 0 radical (unpaired) electrons. The van der Waals surface area contributed by atoms with Crippen molar-refractivity contribution in [1.82, 2.24) is 10.6 Å². The third kappa shape index (κ3) is 4.32. The van der Waals surface area contributed by atoms with Gasteiger partial charge in [-0.25, -0.2) is 0 Å². The number of hydrogen-bond donors (Lipinski definition) is 4. The Hall–Kier alpha value is -2.82. The molecule has 2 heterocycles. The zero-order valence-corrected chi connectivity index (χ0v) is 18.0. The van der Waals surface area contributed by atoms with Gasteiger partial charge in [-0.05, 0) is 37.8 Å². The molecule has 1 saturated carbocycles. The summed E-state index contributed by atoms with van der Waals surface area (Å²) in [5.41, 5.74) is 5.03. The zero-order chi connectivity index (χ0) is 22.1. The first-order valence-electron chi connectivity index (χ1n) is 10.5. The number of amides is 2. The SMILES string of the molecule is NC1=NS(=O)(=O)Nc2cccc(OCC3(C(=O)NC4CCCCC4)CCCNC3=O)c21. The van der Waals surface area contributed by atoms with E-state index in [-0.39, 0.29) is 47.3 Å². The summed E-state index contributed by atoms with van der Waals surface area (Å²) in [7, 11) is -3.92. The Morgan fingerprint density at radius 2 is 2.03 bits per heavy atom. The third-order valence-electron chi connectivity index (χ3n) is 6.09. The Morgan fingerprint density at radius 3 is 2.77 bits per heavy atom. The number of nitrogens with one attached hydrogen (secondary N) is 3. The quantitative estimate of drug-likeness (QED) is 0.488. The van der Waals surface area contributed by atoms with Crippen molar-refractivity contribution in [3.05, 3.63) is 23.8 Å². The van der Waals surface area contributed by atoms with E-state index < -0.39 is 15.6 Å². The fourth-order valence-corrected chi connectivity index (χ4v) is 5.25. The number of rotatable bonds is 5. The molecule has 0 spiro atoms. The molecule has 1 unspecified atom stereocenters. The van der Waals surface area contributed by atoms with E-state index in [0.717, 1.165) is 32.1 Å². The van der Waals surface area contributed by atoms with Crippen molar-refractivity contribution in [3.63, 3.8) is 0 Å². The van der Waals surface area contributed by atoms with Crippen LogP contribution in [0.2, 0.25) is 0 Å². The molecule has 31 heavy (non-hydrogen) atoms. The van der Waals surface area contributed by atoms with Crippen molar-refractivity contribution in [2.24, 2.45) is 15.5 Å². The second-order valence-electron chi connectivity index (χ2n) is 8.27. The van der Waals surface area contributed by atoms with Gasteiger partial charge in [0.2, 0.25) is 11.8 Å². The van der Waals surface area contributed by atoms with Gasteiger partial charge in [-0.2, -0.15) is 8.42 Å². The lowest BCUT2D eigenvalue weighted by Gasteiger charge is -2.36. The second kappa shape index (κ2) is 8.37. The van der Waals surface area contributed by atoms with E-state index >= 15 is 0 Å².